The summed E-state index contributed by atoms with van der Waals surface area (Å²) in [4.78, 5) is 16.5. The molecule has 0 aromatic carbocycles. The molecule has 1 atom stereocenters. The monoisotopic (exact) mass is 257 g/mol. The predicted molar refractivity (Wildman–Crippen MR) is 72.4 cm³/mol. The number of thioether (sulfide) groups is 1. The van der Waals surface area contributed by atoms with Gasteiger partial charge in [-0.15, -0.1) is 0 Å². The van der Waals surface area contributed by atoms with Crippen molar-refractivity contribution in [1.82, 2.24) is 15.1 Å². The van der Waals surface area contributed by atoms with Crippen LogP contribution in [0.2, 0.25) is 0 Å². The summed E-state index contributed by atoms with van der Waals surface area (Å²) in [6.45, 7) is 7.99. The second-order valence-corrected chi connectivity index (χ2v) is 5.99. The number of rotatable bonds is 3. The molecule has 1 unspecified atom stereocenters. The van der Waals surface area contributed by atoms with Crippen LogP contribution in [0, 0.1) is 0 Å². The third-order valence-electron chi connectivity index (χ3n) is 3.59. The fraction of sp³-hybridized carbons (Fsp3) is 0.917. The molecule has 0 aliphatic carbocycles. The number of carbonyl (C=O) groups excluding carboxylic acids is 1. The zero-order valence-electron chi connectivity index (χ0n) is 10.7. The molecule has 0 spiro atoms. The maximum Gasteiger partial charge on any atom is 0.223 e. The van der Waals surface area contributed by atoms with Crippen LogP contribution in [-0.4, -0.2) is 72.5 Å². The van der Waals surface area contributed by atoms with Crippen molar-refractivity contribution in [3.8, 4) is 0 Å². The third kappa shape index (κ3) is 3.86. The average Bonchev–Trinajstić information content (AvgIpc) is 2.38. The van der Waals surface area contributed by atoms with E-state index < -0.39 is 0 Å². The number of nitrogens with one attached hydrogen (secondary N) is 1. The van der Waals surface area contributed by atoms with Crippen molar-refractivity contribution >= 4 is 17.7 Å². The number of hydrogen-bond acceptors (Lipinski definition) is 4. The molecule has 0 saturated carbocycles. The van der Waals surface area contributed by atoms with Crippen molar-refractivity contribution in [3.05, 3.63) is 0 Å². The Labute approximate surface area is 108 Å². The first kappa shape index (κ1) is 13.2. The van der Waals surface area contributed by atoms with E-state index in [1.165, 1.54) is 11.5 Å². The first-order chi connectivity index (χ1) is 8.27. The number of amides is 1. The lowest BCUT2D eigenvalue weighted by atomic mass is 10.2. The number of piperazine rings is 1. The smallest absolute Gasteiger partial charge is 0.223 e. The molecule has 5 heteroatoms. The van der Waals surface area contributed by atoms with Crippen molar-refractivity contribution < 1.29 is 4.79 Å². The molecule has 4 nitrogen and oxygen atoms in total. The van der Waals surface area contributed by atoms with E-state index in [9.17, 15) is 4.79 Å². The molecule has 0 aromatic rings. The lowest BCUT2D eigenvalue weighted by Gasteiger charge is -2.34. The van der Waals surface area contributed by atoms with Crippen LogP contribution in [-0.2, 0) is 4.79 Å². The van der Waals surface area contributed by atoms with Gasteiger partial charge in [-0.2, -0.15) is 11.8 Å². The maximum atomic E-state index is 12.0. The molecule has 0 radical (unpaired) electrons. The van der Waals surface area contributed by atoms with Gasteiger partial charge in [0.05, 0.1) is 0 Å². The van der Waals surface area contributed by atoms with Gasteiger partial charge in [0.2, 0.25) is 5.91 Å². The van der Waals surface area contributed by atoms with E-state index >= 15 is 0 Å². The molecule has 1 amide bonds. The fourth-order valence-electron chi connectivity index (χ4n) is 2.41. The third-order valence-corrected chi connectivity index (χ3v) is 4.78. The zero-order valence-corrected chi connectivity index (χ0v) is 11.5. The molecule has 2 fully saturated rings. The van der Waals surface area contributed by atoms with Crippen LogP contribution >= 0.6 is 11.8 Å². The van der Waals surface area contributed by atoms with Crippen LogP contribution < -0.4 is 5.32 Å². The van der Waals surface area contributed by atoms with E-state index in [1.807, 2.05) is 16.7 Å². The summed E-state index contributed by atoms with van der Waals surface area (Å²) < 4.78 is 0. The molecule has 2 aliphatic heterocycles. The lowest BCUT2D eigenvalue weighted by molar-refractivity contribution is -0.132. The minimum Gasteiger partial charge on any atom is -0.340 e. The molecule has 0 aromatic heterocycles. The van der Waals surface area contributed by atoms with Crippen LogP contribution in [0.1, 0.15) is 13.3 Å². The highest BCUT2D eigenvalue weighted by Gasteiger charge is 2.21. The summed E-state index contributed by atoms with van der Waals surface area (Å²) in [5.74, 6) is 2.76. The van der Waals surface area contributed by atoms with E-state index in [0.717, 1.165) is 39.3 Å². The van der Waals surface area contributed by atoms with Gasteiger partial charge in [0, 0.05) is 63.2 Å². The number of nitrogens with zero attached hydrogens (tertiary/aromatic N) is 2. The molecule has 1 N–H and O–H groups in total. The topological polar surface area (TPSA) is 35.6 Å². The summed E-state index contributed by atoms with van der Waals surface area (Å²) in [5, 5.41) is 3.28. The Morgan fingerprint density at radius 2 is 2.12 bits per heavy atom. The normalized spacial score (nSPS) is 27.1. The Hall–Kier alpha value is -0.260. The van der Waals surface area contributed by atoms with Crippen LogP contribution in [0.25, 0.3) is 0 Å². The van der Waals surface area contributed by atoms with E-state index in [-0.39, 0.29) is 0 Å². The van der Waals surface area contributed by atoms with Crippen molar-refractivity contribution in [1.29, 1.82) is 0 Å². The molecular weight excluding hydrogens is 234 g/mol. The second-order valence-electron chi connectivity index (χ2n) is 4.84. The summed E-state index contributed by atoms with van der Waals surface area (Å²) in [6.07, 6.45) is 0.689. The van der Waals surface area contributed by atoms with Gasteiger partial charge in [-0.3, -0.25) is 9.69 Å². The SMILES string of the molecule is CC1CSCCN1CCC(=O)N1CCNCC1. The summed E-state index contributed by atoms with van der Waals surface area (Å²) in [6, 6.07) is 0.629. The maximum absolute atomic E-state index is 12.0. The molecule has 2 saturated heterocycles. The van der Waals surface area contributed by atoms with Crippen LogP contribution in [0.3, 0.4) is 0 Å². The highest BCUT2D eigenvalue weighted by molar-refractivity contribution is 7.99. The van der Waals surface area contributed by atoms with Crippen LogP contribution in [0.4, 0.5) is 0 Å². The molecule has 2 aliphatic rings. The van der Waals surface area contributed by atoms with Gasteiger partial charge in [-0.1, -0.05) is 0 Å². The largest absolute Gasteiger partial charge is 0.340 e. The predicted octanol–water partition coefficient (Wildman–Crippen LogP) is 0.246. The molecular formula is C12H23N3OS. The van der Waals surface area contributed by atoms with Gasteiger partial charge in [0.15, 0.2) is 0 Å². The second kappa shape index (κ2) is 6.61. The Balaban J connectivity index is 1.71. The van der Waals surface area contributed by atoms with E-state index in [1.54, 1.807) is 0 Å². The molecule has 0 bridgehead atoms. The summed E-state index contributed by atoms with van der Waals surface area (Å²) in [7, 11) is 0. The van der Waals surface area contributed by atoms with Gasteiger partial charge in [-0.05, 0) is 6.92 Å². The lowest BCUT2D eigenvalue weighted by Crippen LogP contribution is -2.48. The standard InChI is InChI=1S/C12H23N3OS/c1-11-10-17-9-8-14(11)5-2-12(16)15-6-3-13-4-7-15/h11,13H,2-10H2,1H3. The van der Waals surface area contributed by atoms with E-state index in [2.05, 4.69) is 17.1 Å². The summed E-state index contributed by atoms with van der Waals surface area (Å²) >= 11 is 2.02. The summed E-state index contributed by atoms with van der Waals surface area (Å²) in [5.41, 5.74) is 0. The van der Waals surface area contributed by atoms with Gasteiger partial charge < -0.3 is 10.2 Å². The Kier molecular flexibility index (Phi) is 5.13. The van der Waals surface area contributed by atoms with Crippen molar-refractivity contribution in [2.45, 2.75) is 19.4 Å². The fourth-order valence-corrected chi connectivity index (χ4v) is 3.49. The quantitative estimate of drug-likeness (QED) is 0.786. The Morgan fingerprint density at radius 1 is 1.35 bits per heavy atom. The molecule has 2 heterocycles. The Morgan fingerprint density at radius 3 is 2.82 bits per heavy atom. The van der Waals surface area contributed by atoms with Gasteiger partial charge in [0.1, 0.15) is 0 Å². The van der Waals surface area contributed by atoms with E-state index in [4.69, 9.17) is 0 Å². The number of hydrogen-bond donors (Lipinski definition) is 1. The zero-order chi connectivity index (χ0) is 12.1. The van der Waals surface area contributed by atoms with E-state index in [0.29, 0.717) is 18.4 Å². The highest BCUT2D eigenvalue weighted by atomic mass is 32.2. The first-order valence-electron chi connectivity index (χ1n) is 6.57. The average molecular weight is 257 g/mol. The van der Waals surface area contributed by atoms with Crippen LogP contribution in [0.15, 0.2) is 0 Å². The highest BCUT2D eigenvalue weighted by Crippen LogP contribution is 2.16. The van der Waals surface area contributed by atoms with Gasteiger partial charge in [0.25, 0.3) is 0 Å². The number of carbonyl (C=O) groups is 1. The molecule has 17 heavy (non-hydrogen) atoms. The molecule has 2 rings (SSSR count). The molecule has 98 valence electrons. The van der Waals surface area contributed by atoms with Crippen LogP contribution in [0.5, 0.6) is 0 Å². The van der Waals surface area contributed by atoms with Gasteiger partial charge >= 0.3 is 0 Å². The minimum absolute atomic E-state index is 0.330. The van der Waals surface area contributed by atoms with Crippen molar-refractivity contribution in [2.75, 3.05) is 50.8 Å². The van der Waals surface area contributed by atoms with Crippen molar-refractivity contribution in [3.63, 3.8) is 0 Å². The van der Waals surface area contributed by atoms with Gasteiger partial charge in [-0.25, -0.2) is 0 Å². The first-order valence-corrected chi connectivity index (χ1v) is 7.73. The minimum atomic E-state index is 0.330. The Bertz CT molecular complexity index is 256. The van der Waals surface area contributed by atoms with Crippen molar-refractivity contribution in [2.24, 2.45) is 0 Å².